The van der Waals surface area contributed by atoms with Gasteiger partial charge in [0.25, 0.3) is 0 Å². The Balaban J connectivity index is -0.00000179. The molecule has 0 aromatic carbocycles. The summed E-state index contributed by atoms with van der Waals surface area (Å²) in [7, 11) is -2.43. The molecule has 1 saturated heterocycles. The number of unbranched alkanes of at least 4 members (excludes halogenated alkanes) is 10. The van der Waals surface area contributed by atoms with E-state index >= 15 is 0 Å². The van der Waals surface area contributed by atoms with Crippen molar-refractivity contribution in [3.05, 3.63) is 0 Å². The molecule has 214 valence electrons. The average Bonchev–Trinajstić information content (AvgIpc) is 2.94. The Labute approximate surface area is 241 Å². The molecule has 10 heteroatoms. The number of thioether (sulfide) groups is 2. The first-order valence-electron chi connectivity index (χ1n) is 14.8. The van der Waals surface area contributed by atoms with Gasteiger partial charge in [0, 0.05) is 22.0 Å². The Kier molecular flexibility index (Phi) is 41.7. The Morgan fingerprint density at radius 3 is 1.27 bits per heavy atom. The van der Waals surface area contributed by atoms with Crippen LogP contribution in [0.4, 0.5) is 0 Å². The van der Waals surface area contributed by atoms with Gasteiger partial charge in [-0.05, 0) is 19.7 Å². The summed E-state index contributed by atoms with van der Waals surface area (Å²) in [5.41, 5.74) is 0. The van der Waals surface area contributed by atoms with E-state index in [0.29, 0.717) is 0 Å². The van der Waals surface area contributed by atoms with Crippen molar-refractivity contribution in [1.29, 1.82) is 0 Å². The van der Waals surface area contributed by atoms with E-state index in [1.54, 1.807) is 30.3 Å². The Morgan fingerprint density at radius 1 is 0.541 bits per heavy atom. The molecule has 0 aliphatic carbocycles. The lowest BCUT2D eigenvalue weighted by Crippen LogP contribution is -2.49. The van der Waals surface area contributed by atoms with Gasteiger partial charge in [-0.2, -0.15) is 0 Å². The van der Waals surface area contributed by atoms with Gasteiger partial charge in [0.15, 0.2) is 0 Å². The quantitative estimate of drug-likeness (QED) is 0.107. The summed E-state index contributed by atoms with van der Waals surface area (Å²) < 4.78 is 26.8. The van der Waals surface area contributed by atoms with Crippen LogP contribution >= 0.6 is 23.5 Å². The third-order valence-corrected chi connectivity index (χ3v) is 6.01. The molecule has 0 amide bonds. The van der Waals surface area contributed by atoms with Crippen molar-refractivity contribution in [3.63, 3.8) is 0 Å². The summed E-state index contributed by atoms with van der Waals surface area (Å²) in [4.78, 5) is 0. The second kappa shape index (κ2) is 37.6. The first-order chi connectivity index (χ1) is 18.3. The van der Waals surface area contributed by atoms with Gasteiger partial charge in [-0.1, -0.05) is 143 Å². The van der Waals surface area contributed by atoms with Crippen molar-refractivity contribution in [2.45, 2.75) is 139 Å². The van der Waals surface area contributed by atoms with Gasteiger partial charge in [-0.15, -0.1) is 0 Å². The van der Waals surface area contributed by atoms with Crippen molar-refractivity contribution in [3.8, 4) is 22.7 Å². The Bertz CT molecular complexity index is 508. The molecule has 0 atom stereocenters. The Morgan fingerprint density at radius 2 is 0.892 bits per heavy atom. The minimum Gasteiger partial charge on any atom is -0.463 e. The first kappa shape index (κ1) is 41.0. The fourth-order valence-corrected chi connectivity index (χ4v) is 3.94. The predicted molar refractivity (Wildman–Crippen MR) is 170 cm³/mol. The van der Waals surface area contributed by atoms with Gasteiger partial charge in [0.1, 0.15) is 12.2 Å². The topological polar surface area (TPSA) is 46.2 Å². The standard InChI is InChI=1S/C21H37B3O5S2.3C2H6/c1-4-6-8-10-12-14-18-30-20-16-25-23-27-22(3)28-24(29-23)26-17-21-31-19-15-13-11-9-7-5-2;3*1-2/h4-15,18-19H2,1-3H3;3*1-2H3. The van der Waals surface area contributed by atoms with Crippen LogP contribution in [0.25, 0.3) is 0 Å². The first-order valence-corrected chi connectivity index (χ1v) is 16.7. The van der Waals surface area contributed by atoms with Crippen LogP contribution in [0.3, 0.4) is 0 Å². The summed E-state index contributed by atoms with van der Waals surface area (Å²) in [5, 5.41) is 5.85. The highest BCUT2D eigenvalue weighted by molar-refractivity contribution is 8.04. The largest absolute Gasteiger partial charge is 0.696 e. The van der Waals surface area contributed by atoms with Crippen LogP contribution in [-0.4, -0.2) is 33.3 Å². The van der Waals surface area contributed by atoms with E-state index in [2.05, 4.69) is 36.6 Å². The van der Waals surface area contributed by atoms with Crippen LogP contribution in [0.15, 0.2) is 0 Å². The van der Waals surface area contributed by atoms with Crippen molar-refractivity contribution < 1.29 is 23.0 Å². The number of hydrogen-bond donors (Lipinski definition) is 0. The van der Waals surface area contributed by atoms with E-state index in [1.807, 2.05) is 41.5 Å². The van der Waals surface area contributed by atoms with Crippen molar-refractivity contribution in [1.82, 2.24) is 0 Å². The summed E-state index contributed by atoms with van der Waals surface area (Å²) in [6, 6.07) is 0. The molecular formula is C27H55B3O5S2. The van der Waals surface area contributed by atoms with E-state index in [0.717, 1.165) is 11.5 Å². The monoisotopic (exact) mass is 556 g/mol. The van der Waals surface area contributed by atoms with Crippen LogP contribution in [0, 0.1) is 22.7 Å². The summed E-state index contributed by atoms with van der Waals surface area (Å²) >= 11 is 3.10. The maximum atomic E-state index is 5.41. The maximum Gasteiger partial charge on any atom is 0.696 e. The van der Waals surface area contributed by atoms with Gasteiger partial charge >= 0.3 is 21.8 Å². The second-order valence-electron chi connectivity index (χ2n) is 7.43. The highest BCUT2D eigenvalue weighted by Gasteiger charge is 2.45. The summed E-state index contributed by atoms with van der Waals surface area (Å²) in [6.07, 6.45) is 20.6. The molecule has 37 heavy (non-hydrogen) atoms. The van der Waals surface area contributed by atoms with Crippen LogP contribution in [0.1, 0.15) is 132 Å². The molecule has 0 spiro atoms. The molecule has 0 aromatic rings. The predicted octanol–water partition coefficient (Wildman–Crippen LogP) is 9.27. The van der Waals surface area contributed by atoms with Gasteiger partial charge in [-0.3, -0.25) is 0 Å². The van der Waals surface area contributed by atoms with E-state index in [4.69, 9.17) is 23.0 Å². The minimum atomic E-state index is -0.950. The molecule has 1 aliphatic heterocycles. The lowest BCUT2D eigenvalue weighted by atomic mass is 9.85. The molecular weight excluding hydrogens is 501 g/mol. The SMILES string of the molecule is CC.CC.CC.CCCCCCCCSC#COB1OB(C)OB(OC#CSCCCCCCCC)O1. The normalized spacial score (nSPS) is 11.6. The van der Waals surface area contributed by atoms with E-state index in [1.165, 1.54) is 77.0 Å². The zero-order valence-corrected chi connectivity index (χ0v) is 27.1. The zero-order chi connectivity index (χ0) is 28.4. The number of hydrogen-bond acceptors (Lipinski definition) is 7. The van der Waals surface area contributed by atoms with Gasteiger partial charge in [0.05, 0.1) is 0 Å². The molecule has 0 unspecified atom stereocenters. The molecule has 1 heterocycles. The average molecular weight is 556 g/mol. The summed E-state index contributed by atoms with van der Waals surface area (Å²) in [6.45, 7) is 18.2. The minimum absolute atomic E-state index is 0.529. The van der Waals surface area contributed by atoms with Crippen LogP contribution in [0.5, 0.6) is 0 Å². The van der Waals surface area contributed by atoms with Crippen LogP contribution in [-0.2, 0) is 23.0 Å². The molecule has 0 N–H and O–H groups in total. The highest BCUT2D eigenvalue weighted by atomic mass is 32.2. The smallest absolute Gasteiger partial charge is 0.463 e. The van der Waals surface area contributed by atoms with E-state index in [9.17, 15) is 0 Å². The fraction of sp³-hybridized carbons (Fsp3) is 0.852. The van der Waals surface area contributed by atoms with Crippen LogP contribution < -0.4 is 0 Å². The molecule has 0 saturated carbocycles. The molecule has 1 aliphatic rings. The fourth-order valence-electron chi connectivity index (χ4n) is 2.83. The molecule has 1 fully saturated rings. The molecule has 1 rings (SSSR count). The lowest BCUT2D eigenvalue weighted by Gasteiger charge is -2.23. The van der Waals surface area contributed by atoms with E-state index < -0.39 is 21.8 Å². The Hall–Kier alpha value is -0.505. The van der Waals surface area contributed by atoms with Crippen molar-refractivity contribution >= 4 is 45.3 Å². The molecule has 0 aromatic heterocycles. The van der Waals surface area contributed by atoms with Crippen molar-refractivity contribution in [2.24, 2.45) is 0 Å². The van der Waals surface area contributed by atoms with E-state index in [-0.39, 0.29) is 0 Å². The third kappa shape index (κ3) is 31.6. The van der Waals surface area contributed by atoms with Gasteiger partial charge in [0.2, 0.25) is 0 Å². The lowest BCUT2D eigenvalue weighted by molar-refractivity contribution is 0.167. The molecule has 0 bridgehead atoms. The number of rotatable bonds is 16. The van der Waals surface area contributed by atoms with Crippen LogP contribution in [0.2, 0.25) is 6.82 Å². The second-order valence-corrected chi connectivity index (χ2v) is 9.23. The van der Waals surface area contributed by atoms with Gasteiger partial charge in [-0.25, -0.2) is 0 Å². The molecule has 5 nitrogen and oxygen atoms in total. The summed E-state index contributed by atoms with van der Waals surface area (Å²) in [5.74, 6) is 2.01. The van der Waals surface area contributed by atoms with Crippen molar-refractivity contribution in [2.75, 3.05) is 11.5 Å². The maximum absolute atomic E-state index is 5.41. The molecule has 0 radical (unpaired) electrons. The van der Waals surface area contributed by atoms with Gasteiger partial charge < -0.3 is 23.0 Å². The zero-order valence-electron chi connectivity index (χ0n) is 25.5. The third-order valence-electron chi connectivity index (χ3n) is 4.57. The highest BCUT2D eigenvalue weighted by Crippen LogP contribution is 2.12.